The quantitative estimate of drug-likeness (QED) is 0.562. The molecule has 2 rings (SSSR count). The van der Waals surface area contributed by atoms with Gasteiger partial charge in [0.1, 0.15) is 0 Å². The van der Waals surface area contributed by atoms with Gasteiger partial charge in [-0.15, -0.1) is 0 Å². The average molecular weight is 210 g/mol. The molecular formula is C11H18O2Si. The largest absolute Gasteiger partial charge is 0.481 e. The van der Waals surface area contributed by atoms with Crippen LogP contribution in [0.1, 0.15) is 12.8 Å². The van der Waals surface area contributed by atoms with Crippen molar-refractivity contribution in [2.75, 3.05) is 0 Å². The first kappa shape index (κ1) is 9.96. The van der Waals surface area contributed by atoms with Gasteiger partial charge < -0.3 is 5.11 Å². The normalized spacial score (nSPS) is 40.5. The minimum atomic E-state index is -1.37. The maximum absolute atomic E-state index is 11.4. The third-order valence-electron chi connectivity index (χ3n) is 3.85. The predicted octanol–water partition coefficient (Wildman–Crippen LogP) is 2.75. The van der Waals surface area contributed by atoms with Gasteiger partial charge in [-0.2, -0.15) is 0 Å². The van der Waals surface area contributed by atoms with Gasteiger partial charge in [-0.25, -0.2) is 0 Å². The van der Waals surface area contributed by atoms with Gasteiger partial charge in [-0.05, 0) is 24.3 Å². The lowest BCUT2D eigenvalue weighted by Crippen LogP contribution is -2.41. The van der Waals surface area contributed by atoms with Crippen molar-refractivity contribution in [2.24, 2.45) is 11.3 Å². The highest BCUT2D eigenvalue weighted by molar-refractivity contribution is 6.78. The Hall–Kier alpha value is -0.573. The highest BCUT2D eigenvalue weighted by atomic mass is 28.3. The molecule has 0 aromatic rings. The lowest BCUT2D eigenvalue weighted by atomic mass is 9.88. The second-order valence-corrected chi connectivity index (χ2v) is 11.1. The number of carbonyl (C=O) groups is 1. The molecule has 3 atom stereocenters. The molecule has 3 unspecified atom stereocenters. The molecule has 2 aliphatic rings. The Morgan fingerprint density at radius 1 is 1.50 bits per heavy atom. The Kier molecular flexibility index (Phi) is 1.94. The van der Waals surface area contributed by atoms with E-state index in [1.54, 1.807) is 0 Å². The van der Waals surface area contributed by atoms with Gasteiger partial charge in [0.25, 0.3) is 0 Å². The molecule has 0 radical (unpaired) electrons. The molecule has 14 heavy (non-hydrogen) atoms. The molecule has 2 nitrogen and oxygen atoms in total. The first-order valence-electron chi connectivity index (χ1n) is 5.31. The van der Waals surface area contributed by atoms with Crippen molar-refractivity contribution in [3.05, 3.63) is 12.2 Å². The van der Waals surface area contributed by atoms with Crippen LogP contribution in [0.5, 0.6) is 0 Å². The van der Waals surface area contributed by atoms with Crippen LogP contribution in [0.2, 0.25) is 25.2 Å². The molecule has 0 saturated heterocycles. The molecule has 0 heterocycles. The van der Waals surface area contributed by atoms with Crippen LogP contribution in [0, 0.1) is 11.3 Å². The van der Waals surface area contributed by atoms with Crippen LogP contribution in [0.15, 0.2) is 12.2 Å². The van der Waals surface area contributed by atoms with Gasteiger partial charge in [0, 0.05) is 8.07 Å². The molecule has 78 valence electrons. The maximum Gasteiger partial charge on any atom is 0.313 e. The lowest BCUT2D eigenvalue weighted by Gasteiger charge is -2.35. The van der Waals surface area contributed by atoms with Crippen molar-refractivity contribution < 1.29 is 9.90 Å². The number of aliphatic carboxylic acids is 1. The van der Waals surface area contributed by atoms with Gasteiger partial charge in [-0.3, -0.25) is 4.79 Å². The summed E-state index contributed by atoms with van der Waals surface area (Å²) in [6, 6.07) is 0. The van der Waals surface area contributed by atoms with Gasteiger partial charge in [0.2, 0.25) is 0 Å². The van der Waals surface area contributed by atoms with Crippen molar-refractivity contribution in [3.8, 4) is 0 Å². The third kappa shape index (κ3) is 1.11. The Bertz CT molecular complexity index is 303. The molecule has 1 fully saturated rings. The van der Waals surface area contributed by atoms with Crippen molar-refractivity contribution >= 4 is 14.0 Å². The van der Waals surface area contributed by atoms with Crippen LogP contribution in [-0.2, 0) is 4.79 Å². The van der Waals surface area contributed by atoms with Gasteiger partial charge >= 0.3 is 5.97 Å². The highest BCUT2D eigenvalue weighted by Crippen LogP contribution is 2.61. The lowest BCUT2D eigenvalue weighted by molar-refractivity contribution is -0.145. The number of fused-ring (bicyclic) bond motifs is 2. The number of hydrogen-bond acceptors (Lipinski definition) is 1. The fourth-order valence-electron chi connectivity index (χ4n) is 3.53. The molecule has 0 aliphatic heterocycles. The minimum absolute atomic E-state index is 0.424. The summed E-state index contributed by atoms with van der Waals surface area (Å²) in [6.45, 7) is 6.88. The summed E-state index contributed by atoms with van der Waals surface area (Å²) in [4.78, 5) is 11.4. The fourth-order valence-corrected chi connectivity index (χ4v) is 7.00. The van der Waals surface area contributed by atoms with Crippen molar-refractivity contribution in [3.63, 3.8) is 0 Å². The summed E-state index contributed by atoms with van der Waals surface area (Å²) in [5.74, 6) is -0.0426. The molecule has 2 aliphatic carbocycles. The van der Waals surface area contributed by atoms with E-state index in [1.165, 1.54) is 0 Å². The molecule has 0 aromatic heterocycles. The number of allylic oxidation sites excluding steroid dienone is 1. The van der Waals surface area contributed by atoms with E-state index in [0.717, 1.165) is 12.8 Å². The van der Waals surface area contributed by atoms with Crippen molar-refractivity contribution in [2.45, 2.75) is 38.0 Å². The SMILES string of the molecule is C[Si](C)(C)C1C2C=CC1(C(=O)O)CC2. The second-order valence-electron chi connectivity index (χ2n) is 5.75. The highest BCUT2D eigenvalue weighted by Gasteiger charge is 2.59. The molecule has 0 spiro atoms. The molecule has 2 bridgehead atoms. The number of carboxylic acids is 1. The third-order valence-corrected chi connectivity index (χ3v) is 6.66. The first-order valence-corrected chi connectivity index (χ1v) is 8.88. The summed E-state index contributed by atoms with van der Waals surface area (Å²) in [7, 11) is -1.37. The van der Waals surface area contributed by atoms with Crippen LogP contribution in [0.25, 0.3) is 0 Å². The number of carboxylic acid groups (broad SMARTS) is 1. The standard InChI is InChI=1S/C11H18O2Si/c1-14(2,3)9-8-4-6-11(9,7-5-8)10(12)13/h4,6,8-9H,5,7H2,1-3H3,(H,12,13). The zero-order chi connectivity index (χ0) is 10.6. The van der Waals surface area contributed by atoms with E-state index in [0.29, 0.717) is 11.5 Å². The van der Waals surface area contributed by atoms with E-state index in [9.17, 15) is 9.90 Å². The summed E-state index contributed by atoms with van der Waals surface area (Å²) in [5.41, 5.74) is -0.0673. The van der Waals surface area contributed by atoms with E-state index >= 15 is 0 Å². The zero-order valence-corrected chi connectivity index (χ0v) is 10.1. The van der Waals surface area contributed by atoms with Crippen molar-refractivity contribution in [1.29, 1.82) is 0 Å². The molecule has 0 amide bonds. The summed E-state index contributed by atoms with van der Waals surface area (Å²) in [6.07, 6.45) is 6.07. The van der Waals surface area contributed by atoms with Crippen molar-refractivity contribution in [1.82, 2.24) is 0 Å². The molecule has 1 N–H and O–H groups in total. The summed E-state index contributed by atoms with van der Waals surface area (Å²) >= 11 is 0. The Morgan fingerprint density at radius 3 is 2.43 bits per heavy atom. The topological polar surface area (TPSA) is 37.3 Å². The van der Waals surface area contributed by atoms with E-state index in [4.69, 9.17) is 0 Å². The summed E-state index contributed by atoms with van der Waals surface area (Å²) in [5, 5.41) is 9.40. The number of rotatable bonds is 2. The van der Waals surface area contributed by atoms with Crippen LogP contribution in [0.4, 0.5) is 0 Å². The second kappa shape index (κ2) is 2.72. The van der Waals surface area contributed by atoms with E-state index in [2.05, 4.69) is 25.7 Å². The monoisotopic (exact) mass is 210 g/mol. The van der Waals surface area contributed by atoms with Crippen LogP contribution in [0.3, 0.4) is 0 Å². The van der Waals surface area contributed by atoms with Crippen LogP contribution < -0.4 is 0 Å². The zero-order valence-electron chi connectivity index (χ0n) is 9.08. The molecule has 1 saturated carbocycles. The van der Waals surface area contributed by atoms with E-state index in [-0.39, 0.29) is 0 Å². The number of hydrogen-bond donors (Lipinski definition) is 1. The smallest absolute Gasteiger partial charge is 0.313 e. The molecule has 3 heteroatoms. The Morgan fingerprint density at radius 2 is 2.14 bits per heavy atom. The van der Waals surface area contributed by atoms with E-state index in [1.807, 2.05) is 6.08 Å². The maximum atomic E-state index is 11.4. The Labute approximate surface area is 86.0 Å². The van der Waals surface area contributed by atoms with E-state index < -0.39 is 19.5 Å². The summed E-state index contributed by atoms with van der Waals surface area (Å²) < 4.78 is 0. The molecule has 0 aromatic carbocycles. The fraction of sp³-hybridized carbons (Fsp3) is 0.727. The van der Waals surface area contributed by atoms with Gasteiger partial charge in [-0.1, -0.05) is 31.8 Å². The van der Waals surface area contributed by atoms with Crippen LogP contribution >= 0.6 is 0 Å². The molecular weight excluding hydrogens is 192 g/mol. The average Bonchev–Trinajstić information content (AvgIpc) is 2.57. The first-order chi connectivity index (χ1) is 6.38. The Balaban J connectivity index is 2.41. The van der Waals surface area contributed by atoms with Gasteiger partial charge in [0.15, 0.2) is 0 Å². The minimum Gasteiger partial charge on any atom is -0.481 e. The predicted molar refractivity (Wildman–Crippen MR) is 59.0 cm³/mol. The van der Waals surface area contributed by atoms with Crippen LogP contribution in [-0.4, -0.2) is 19.1 Å². The van der Waals surface area contributed by atoms with Gasteiger partial charge in [0.05, 0.1) is 5.41 Å².